The van der Waals surface area contributed by atoms with E-state index < -0.39 is 0 Å². The van der Waals surface area contributed by atoms with Gasteiger partial charge in [-0.1, -0.05) is 17.7 Å². The van der Waals surface area contributed by atoms with Gasteiger partial charge in [0.2, 0.25) is 5.91 Å². The molecule has 0 aliphatic heterocycles. The van der Waals surface area contributed by atoms with E-state index in [0.717, 1.165) is 5.75 Å². The maximum atomic E-state index is 11.6. The van der Waals surface area contributed by atoms with Crippen molar-refractivity contribution >= 4 is 5.91 Å². The Hall–Kier alpha value is -2.10. The van der Waals surface area contributed by atoms with Crippen LogP contribution >= 0.6 is 0 Å². The Labute approximate surface area is 99.9 Å². The zero-order chi connectivity index (χ0) is 12.1. The number of hydrogen-bond donors (Lipinski definition) is 0. The van der Waals surface area contributed by atoms with E-state index in [2.05, 4.69) is 4.98 Å². The van der Waals surface area contributed by atoms with Crippen LogP contribution in [-0.4, -0.2) is 22.1 Å². The topological polar surface area (TPSA) is 44.1 Å². The highest BCUT2D eigenvalue weighted by Gasteiger charge is 2.03. The van der Waals surface area contributed by atoms with Crippen molar-refractivity contribution < 1.29 is 9.53 Å². The summed E-state index contributed by atoms with van der Waals surface area (Å²) in [6, 6.07) is 7.76. The summed E-state index contributed by atoms with van der Waals surface area (Å²) in [4.78, 5) is 15.4. The van der Waals surface area contributed by atoms with Crippen molar-refractivity contribution in [2.24, 2.45) is 0 Å². The molecule has 0 amide bonds. The molecule has 0 N–H and O–H groups in total. The SMILES string of the molecule is Cc1ccc(OCCC(=O)n2ccnc2)cc1. The number of imidazole rings is 1. The summed E-state index contributed by atoms with van der Waals surface area (Å²) in [5.41, 5.74) is 1.19. The fourth-order valence-electron chi connectivity index (χ4n) is 1.43. The summed E-state index contributed by atoms with van der Waals surface area (Å²) in [6.07, 6.45) is 5.05. The summed E-state index contributed by atoms with van der Waals surface area (Å²) in [7, 11) is 0. The predicted molar refractivity (Wildman–Crippen MR) is 64.1 cm³/mol. The van der Waals surface area contributed by atoms with E-state index in [1.165, 1.54) is 16.5 Å². The van der Waals surface area contributed by atoms with Gasteiger partial charge in [0.1, 0.15) is 12.1 Å². The van der Waals surface area contributed by atoms with E-state index in [-0.39, 0.29) is 5.91 Å². The molecule has 2 rings (SSSR count). The van der Waals surface area contributed by atoms with Gasteiger partial charge in [0, 0.05) is 12.4 Å². The number of benzene rings is 1. The molecule has 4 nitrogen and oxygen atoms in total. The molecular weight excluding hydrogens is 216 g/mol. The van der Waals surface area contributed by atoms with Gasteiger partial charge in [0.25, 0.3) is 0 Å². The maximum Gasteiger partial charge on any atom is 0.235 e. The fraction of sp³-hybridized carbons (Fsp3) is 0.231. The van der Waals surface area contributed by atoms with Crippen LogP contribution in [0.3, 0.4) is 0 Å². The summed E-state index contributed by atoms with van der Waals surface area (Å²) in [5.74, 6) is 0.767. The molecule has 0 aliphatic rings. The summed E-state index contributed by atoms with van der Waals surface area (Å²) in [6.45, 7) is 2.40. The average Bonchev–Trinajstić information content (AvgIpc) is 2.85. The van der Waals surface area contributed by atoms with Crippen LogP contribution in [0.2, 0.25) is 0 Å². The molecular formula is C13H14N2O2. The lowest BCUT2D eigenvalue weighted by Gasteiger charge is -2.05. The van der Waals surface area contributed by atoms with Crippen molar-refractivity contribution in [3.05, 3.63) is 48.5 Å². The molecule has 0 bridgehead atoms. The first-order chi connectivity index (χ1) is 8.25. The molecule has 0 saturated heterocycles. The van der Waals surface area contributed by atoms with Crippen molar-refractivity contribution in [2.45, 2.75) is 13.3 Å². The Morgan fingerprint density at radius 3 is 2.76 bits per heavy atom. The minimum Gasteiger partial charge on any atom is -0.493 e. The lowest BCUT2D eigenvalue weighted by molar-refractivity contribution is 0.0881. The Morgan fingerprint density at radius 1 is 1.35 bits per heavy atom. The Bertz CT molecular complexity index is 475. The number of aryl methyl sites for hydroxylation is 1. The Balaban J connectivity index is 1.80. The molecule has 0 spiro atoms. The van der Waals surface area contributed by atoms with Gasteiger partial charge in [-0.15, -0.1) is 0 Å². The number of aromatic nitrogens is 2. The normalized spacial score (nSPS) is 10.2. The zero-order valence-electron chi connectivity index (χ0n) is 9.67. The second kappa shape index (κ2) is 5.30. The highest BCUT2D eigenvalue weighted by atomic mass is 16.5. The second-order valence-corrected chi connectivity index (χ2v) is 3.78. The molecule has 17 heavy (non-hydrogen) atoms. The molecule has 1 aromatic carbocycles. The quantitative estimate of drug-likeness (QED) is 0.809. The minimum atomic E-state index is -0.0189. The molecule has 0 radical (unpaired) electrons. The van der Waals surface area contributed by atoms with E-state index in [4.69, 9.17) is 4.74 Å². The Morgan fingerprint density at radius 2 is 2.12 bits per heavy atom. The van der Waals surface area contributed by atoms with Crippen molar-refractivity contribution in [3.8, 4) is 5.75 Å². The van der Waals surface area contributed by atoms with Gasteiger partial charge in [-0.3, -0.25) is 9.36 Å². The van der Waals surface area contributed by atoms with E-state index in [9.17, 15) is 4.79 Å². The van der Waals surface area contributed by atoms with E-state index >= 15 is 0 Å². The molecule has 2 aromatic rings. The molecule has 1 aromatic heterocycles. The molecule has 0 fully saturated rings. The van der Waals surface area contributed by atoms with Crippen LogP contribution in [0.15, 0.2) is 43.0 Å². The molecule has 88 valence electrons. The number of ether oxygens (including phenoxy) is 1. The number of nitrogens with zero attached hydrogens (tertiary/aromatic N) is 2. The highest BCUT2D eigenvalue weighted by Crippen LogP contribution is 2.11. The molecule has 0 unspecified atom stereocenters. The summed E-state index contributed by atoms with van der Waals surface area (Å²) in [5, 5.41) is 0. The molecule has 4 heteroatoms. The van der Waals surface area contributed by atoms with Crippen LogP contribution in [-0.2, 0) is 0 Å². The molecule has 0 atom stereocenters. The maximum absolute atomic E-state index is 11.6. The van der Waals surface area contributed by atoms with Gasteiger partial charge in [-0.25, -0.2) is 4.98 Å². The first-order valence-electron chi connectivity index (χ1n) is 5.46. The molecule has 1 heterocycles. The minimum absolute atomic E-state index is 0.0189. The van der Waals surface area contributed by atoms with Crippen LogP contribution in [0.4, 0.5) is 0 Å². The largest absolute Gasteiger partial charge is 0.493 e. The number of carbonyl (C=O) groups is 1. The highest BCUT2D eigenvalue weighted by molar-refractivity contribution is 5.78. The second-order valence-electron chi connectivity index (χ2n) is 3.78. The van der Waals surface area contributed by atoms with Gasteiger partial charge in [0.05, 0.1) is 13.0 Å². The van der Waals surface area contributed by atoms with Crippen molar-refractivity contribution in [2.75, 3.05) is 6.61 Å². The summed E-state index contributed by atoms with van der Waals surface area (Å²) < 4.78 is 6.93. The third-order valence-corrected chi connectivity index (χ3v) is 2.40. The molecule has 0 saturated carbocycles. The fourth-order valence-corrected chi connectivity index (χ4v) is 1.43. The van der Waals surface area contributed by atoms with Crippen molar-refractivity contribution in [1.29, 1.82) is 0 Å². The third kappa shape index (κ3) is 3.17. The Kier molecular flexibility index (Phi) is 3.55. The predicted octanol–water partition coefficient (Wildman–Crippen LogP) is 2.30. The smallest absolute Gasteiger partial charge is 0.235 e. The van der Waals surface area contributed by atoms with E-state index in [0.29, 0.717) is 13.0 Å². The first kappa shape index (κ1) is 11.4. The summed E-state index contributed by atoms with van der Waals surface area (Å²) >= 11 is 0. The van der Waals surface area contributed by atoms with E-state index in [1.807, 2.05) is 31.2 Å². The van der Waals surface area contributed by atoms with Crippen LogP contribution < -0.4 is 4.74 Å². The van der Waals surface area contributed by atoms with Crippen LogP contribution in [0.1, 0.15) is 16.8 Å². The van der Waals surface area contributed by atoms with Gasteiger partial charge in [0.15, 0.2) is 0 Å². The van der Waals surface area contributed by atoms with Crippen LogP contribution in [0.5, 0.6) is 5.75 Å². The van der Waals surface area contributed by atoms with E-state index in [1.54, 1.807) is 12.4 Å². The lowest BCUT2D eigenvalue weighted by atomic mass is 10.2. The van der Waals surface area contributed by atoms with Crippen molar-refractivity contribution in [1.82, 2.24) is 9.55 Å². The van der Waals surface area contributed by atoms with Gasteiger partial charge in [-0.2, -0.15) is 0 Å². The number of carbonyl (C=O) groups excluding carboxylic acids is 1. The van der Waals surface area contributed by atoms with Gasteiger partial charge in [-0.05, 0) is 19.1 Å². The zero-order valence-corrected chi connectivity index (χ0v) is 9.67. The standard InChI is InChI=1S/C13H14N2O2/c1-11-2-4-12(5-3-11)17-9-6-13(16)15-8-7-14-10-15/h2-5,7-8,10H,6,9H2,1H3. The lowest BCUT2D eigenvalue weighted by Crippen LogP contribution is -2.12. The average molecular weight is 230 g/mol. The first-order valence-corrected chi connectivity index (χ1v) is 5.46. The monoisotopic (exact) mass is 230 g/mol. The molecule has 0 aliphatic carbocycles. The van der Waals surface area contributed by atoms with Crippen LogP contribution in [0.25, 0.3) is 0 Å². The van der Waals surface area contributed by atoms with Crippen molar-refractivity contribution in [3.63, 3.8) is 0 Å². The number of hydrogen-bond acceptors (Lipinski definition) is 3. The van der Waals surface area contributed by atoms with Gasteiger partial charge < -0.3 is 4.74 Å². The van der Waals surface area contributed by atoms with Crippen LogP contribution in [0, 0.1) is 6.92 Å². The number of rotatable bonds is 4. The third-order valence-electron chi connectivity index (χ3n) is 2.40. The van der Waals surface area contributed by atoms with Gasteiger partial charge >= 0.3 is 0 Å².